The van der Waals surface area contributed by atoms with Crippen molar-refractivity contribution >= 4 is 5.97 Å². The van der Waals surface area contributed by atoms with E-state index in [-0.39, 0.29) is 0 Å². The molecule has 0 spiro atoms. The van der Waals surface area contributed by atoms with Gasteiger partial charge >= 0.3 is 5.97 Å². The molecule has 166 valence electrons. The maximum absolute atomic E-state index is 12.6. The van der Waals surface area contributed by atoms with E-state index in [1.54, 1.807) is 6.26 Å². The van der Waals surface area contributed by atoms with Crippen molar-refractivity contribution < 1.29 is 13.9 Å². The van der Waals surface area contributed by atoms with E-state index in [1.165, 1.54) is 6.92 Å². The Kier molecular flexibility index (Phi) is 5.84. The predicted molar refractivity (Wildman–Crippen MR) is 134 cm³/mol. The van der Waals surface area contributed by atoms with Crippen LogP contribution in [0.1, 0.15) is 23.8 Å². The molecule has 3 heteroatoms. The summed E-state index contributed by atoms with van der Waals surface area (Å²) in [5.74, 6) is 0.162. The molecule has 1 heterocycles. The van der Waals surface area contributed by atoms with Crippen LogP contribution in [0.15, 0.2) is 132 Å². The number of furan rings is 1. The SMILES string of the molecule is CC(=O)OC(c1ccccc1)(c1ccccc1)c1occ(-c2ccccc2)c1-c1ccccc1. The van der Waals surface area contributed by atoms with Crippen molar-refractivity contribution in [2.75, 3.05) is 0 Å². The number of benzene rings is 4. The third-order valence-corrected chi connectivity index (χ3v) is 5.92. The first-order valence-corrected chi connectivity index (χ1v) is 11.2. The van der Waals surface area contributed by atoms with E-state index in [0.717, 1.165) is 33.4 Å². The lowest BCUT2D eigenvalue weighted by atomic mass is 9.80. The first kappa shape index (κ1) is 21.5. The van der Waals surface area contributed by atoms with Gasteiger partial charge in [0.25, 0.3) is 0 Å². The molecule has 0 atom stereocenters. The topological polar surface area (TPSA) is 39.4 Å². The lowest BCUT2D eigenvalue weighted by Gasteiger charge is -2.33. The Hall–Kier alpha value is -4.37. The first-order valence-electron chi connectivity index (χ1n) is 11.2. The van der Waals surface area contributed by atoms with Gasteiger partial charge in [-0.25, -0.2) is 0 Å². The van der Waals surface area contributed by atoms with Crippen LogP contribution in [0.2, 0.25) is 0 Å². The molecule has 0 saturated heterocycles. The van der Waals surface area contributed by atoms with E-state index >= 15 is 0 Å². The third kappa shape index (κ3) is 3.82. The quantitative estimate of drug-likeness (QED) is 0.255. The second kappa shape index (κ2) is 9.24. The van der Waals surface area contributed by atoms with Gasteiger partial charge in [-0.1, -0.05) is 121 Å². The molecule has 34 heavy (non-hydrogen) atoms. The summed E-state index contributed by atoms with van der Waals surface area (Å²) < 4.78 is 12.7. The number of hydrogen-bond donors (Lipinski definition) is 0. The van der Waals surface area contributed by atoms with Gasteiger partial charge in [-0.2, -0.15) is 0 Å². The minimum atomic E-state index is -1.27. The highest BCUT2D eigenvalue weighted by Crippen LogP contribution is 2.48. The van der Waals surface area contributed by atoms with E-state index in [0.29, 0.717) is 5.76 Å². The number of carbonyl (C=O) groups is 1. The molecule has 0 saturated carbocycles. The lowest BCUT2D eigenvalue weighted by Crippen LogP contribution is -2.34. The lowest BCUT2D eigenvalue weighted by molar-refractivity contribution is -0.151. The van der Waals surface area contributed by atoms with E-state index in [4.69, 9.17) is 9.15 Å². The fourth-order valence-corrected chi connectivity index (χ4v) is 4.49. The second-order valence-corrected chi connectivity index (χ2v) is 8.09. The van der Waals surface area contributed by atoms with Gasteiger partial charge in [0.1, 0.15) is 0 Å². The standard InChI is InChI=1S/C31H24O3/c1-23(32)34-31(26-18-10-4-11-19-26,27-20-12-5-13-21-27)30-29(25-16-8-3-9-17-25)28(22-33-30)24-14-6-2-7-15-24/h2-22H,1H3. The molecular weight excluding hydrogens is 420 g/mol. The van der Waals surface area contributed by atoms with E-state index in [2.05, 4.69) is 24.3 Å². The molecule has 0 aliphatic heterocycles. The summed E-state index contributed by atoms with van der Waals surface area (Å²) in [5, 5.41) is 0. The molecule has 0 unspecified atom stereocenters. The summed E-state index contributed by atoms with van der Waals surface area (Å²) in [7, 11) is 0. The Bertz CT molecular complexity index is 1330. The summed E-state index contributed by atoms with van der Waals surface area (Å²) in [6, 6.07) is 39.7. The highest BCUT2D eigenvalue weighted by Gasteiger charge is 2.45. The van der Waals surface area contributed by atoms with Crippen molar-refractivity contribution in [1.29, 1.82) is 0 Å². The molecule has 5 aromatic rings. The molecule has 0 bridgehead atoms. The van der Waals surface area contributed by atoms with Crippen LogP contribution in [0.3, 0.4) is 0 Å². The van der Waals surface area contributed by atoms with Crippen molar-refractivity contribution in [2.45, 2.75) is 12.5 Å². The summed E-state index contributed by atoms with van der Waals surface area (Å²) >= 11 is 0. The number of ether oxygens (including phenoxy) is 1. The summed E-state index contributed by atoms with van der Waals surface area (Å²) in [4.78, 5) is 12.6. The van der Waals surface area contributed by atoms with Gasteiger partial charge in [-0.15, -0.1) is 0 Å². The number of carbonyl (C=O) groups excluding carboxylic acids is 1. The normalized spacial score (nSPS) is 11.2. The predicted octanol–water partition coefficient (Wildman–Crippen LogP) is 7.47. The molecule has 0 aliphatic carbocycles. The second-order valence-electron chi connectivity index (χ2n) is 8.09. The molecule has 0 amide bonds. The minimum absolute atomic E-state index is 0.399. The van der Waals surface area contributed by atoms with Gasteiger partial charge in [0.2, 0.25) is 5.60 Å². The van der Waals surface area contributed by atoms with Crippen LogP contribution in [0.25, 0.3) is 22.3 Å². The maximum Gasteiger partial charge on any atom is 0.304 e. The Morgan fingerprint density at radius 3 is 1.56 bits per heavy atom. The van der Waals surface area contributed by atoms with Crippen molar-refractivity contribution in [3.8, 4) is 22.3 Å². The van der Waals surface area contributed by atoms with Crippen LogP contribution < -0.4 is 0 Å². The van der Waals surface area contributed by atoms with Gasteiger partial charge in [-0.3, -0.25) is 4.79 Å². The van der Waals surface area contributed by atoms with Crippen molar-refractivity contribution in [3.63, 3.8) is 0 Å². The fraction of sp³-hybridized carbons (Fsp3) is 0.0645. The smallest absolute Gasteiger partial charge is 0.304 e. The third-order valence-electron chi connectivity index (χ3n) is 5.92. The number of hydrogen-bond acceptors (Lipinski definition) is 3. The Morgan fingerprint density at radius 2 is 1.09 bits per heavy atom. The molecule has 1 aromatic heterocycles. The largest absolute Gasteiger partial charge is 0.463 e. The summed E-state index contributed by atoms with van der Waals surface area (Å²) in [6.07, 6.45) is 1.76. The van der Waals surface area contributed by atoms with Crippen molar-refractivity contribution in [3.05, 3.63) is 144 Å². The van der Waals surface area contributed by atoms with E-state index < -0.39 is 11.6 Å². The van der Waals surface area contributed by atoms with Crippen LogP contribution in [-0.2, 0) is 15.1 Å². The van der Waals surface area contributed by atoms with E-state index in [1.807, 2.05) is 97.1 Å². The minimum Gasteiger partial charge on any atom is -0.463 e. The molecule has 4 aromatic carbocycles. The number of rotatable bonds is 6. The van der Waals surface area contributed by atoms with Crippen molar-refractivity contribution in [1.82, 2.24) is 0 Å². The van der Waals surface area contributed by atoms with Crippen LogP contribution in [-0.4, -0.2) is 5.97 Å². The van der Waals surface area contributed by atoms with Crippen molar-refractivity contribution in [2.24, 2.45) is 0 Å². The molecule has 3 nitrogen and oxygen atoms in total. The number of esters is 1. The van der Waals surface area contributed by atoms with Crippen LogP contribution in [0.4, 0.5) is 0 Å². The van der Waals surface area contributed by atoms with Gasteiger partial charge in [0.05, 0.1) is 6.26 Å². The monoisotopic (exact) mass is 444 g/mol. The molecule has 0 aliphatic rings. The van der Waals surface area contributed by atoms with Gasteiger partial charge in [0, 0.05) is 29.2 Å². The Morgan fingerprint density at radius 1 is 0.647 bits per heavy atom. The van der Waals surface area contributed by atoms with Gasteiger partial charge < -0.3 is 9.15 Å². The highest BCUT2D eigenvalue weighted by molar-refractivity contribution is 5.86. The fourth-order valence-electron chi connectivity index (χ4n) is 4.49. The Balaban J connectivity index is 1.90. The summed E-state index contributed by atoms with van der Waals surface area (Å²) in [5.41, 5.74) is 4.17. The van der Waals surface area contributed by atoms with Crippen LogP contribution >= 0.6 is 0 Å². The zero-order valence-electron chi connectivity index (χ0n) is 18.8. The zero-order chi connectivity index (χ0) is 23.4. The molecule has 0 N–H and O–H groups in total. The summed E-state index contributed by atoms with van der Waals surface area (Å²) in [6.45, 7) is 1.43. The molecular formula is C31H24O3. The van der Waals surface area contributed by atoms with Gasteiger partial charge in [-0.05, 0) is 11.1 Å². The average Bonchev–Trinajstić information content (AvgIpc) is 3.35. The molecule has 5 rings (SSSR count). The highest BCUT2D eigenvalue weighted by atomic mass is 16.6. The zero-order valence-corrected chi connectivity index (χ0v) is 18.8. The van der Waals surface area contributed by atoms with Gasteiger partial charge in [0.15, 0.2) is 5.76 Å². The average molecular weight is 445 g/mol. The Labute approximate surface area is 199 Å². The molecule has 0 fully saturated rings. The maximum atomic E-state index is 12.6. The van der Waals surface area contributed by atoms with Crippen LogP contribution in [0.5, 0.6) is 0 Å². The first-order chi connectivity index (χ1) is 16.7. The van der Waals surface area contributed by atoms with E-state index in [9.17, 15) is 4.79 Å². The van der Waals surface area contributed by atoms with Crippen LogP contribution in [0, 0.1) is 0 Å². The molecule has 0 radical (unpaired) electrons.